The third kappa shape index (κ3) is 4.26. The van der Waals surface area contributed by atoms with Gasteiger partial charge in [-0.15, -0.1) is 0 Å². The van der Waals surface area contributed by atoms with Crippen LogP contribution in [0.4, 0.5) is 36.4 Å². The Hall–Kier alpha value is -3.18. The Bertz CT molecular complexity index is 1020. The van der Waals surface area contributed by atoms with E-state index in [9.17, 15) is 18.0 Å². The van der Waals surface area contributed by atoms with Crippen LogP contribution in [0.25, 0.3) is 0 Å². The van der Waals surface area contributed by atoms with E-state index in [1.54, 1.807) is 0 Å². The number of amides is 1. The number of aromatic nitrogens is 4. The minimum Gasteiger partial charge on any atom is -0.367 e. The molecule has 172 valence electrons. The van der Waals surface area contributed by atoms with Crippen molar-refractivity contribution < 1.29 is 18.0 Å². The molecule has 2 aliphatic rings. The molecule has 2 aromatic heterocycles. The number of nitrogens with zero attached hydrogens (tertiary/aromatic N) is 5. The van der Waals surface area contributed by atoms with Gasteiger partial charge in [0.2, 0.25) is 17.7 Å². The second kappa shape index (κ2) is 8.06. The summed E-state index contributed by atoms with van der Waals surface area (Å²) in [6.45, 7) is 5.78. The standard InChI is InChI=1S/C20H25F3N8O/c1-9(2)15-17(32)29-14-10(3)25-19(30-16(14)31(15)4)27-12-7-11(8-12)26-13-5-6-24-18(28-13)20(21,22)23/h5-6,9,11-12,15H,7-8H2,1-4H3,(H,29,32)(H,24,26,28)(H,25,27,30). The molecule has 1 amide bonds. The Morgan fingerprint density at radius 2 is 1.84 bits per heavy atom. The Balaban J connectivity index is 1.40. The summed E-state index contributed by atoms with van der Waals surface area (Å²) >= 11 is 0. The third-order valence-corrected chi connectivity index (χ3v) is 5.70. The number of alkyl halides is 3. The summed E-state index contributed by atoms with van der Waals surface area (Å²) < 4.78 is 38.3. The molecule has 2 aromatic rings. The first-order chi connectivity index (χ1) is 15.0. The maximum atomic E-state index is 12.8. The Labute approximate surface area is 183 Å². The highest BCUT2D eigenvalue weighted by atomic mass is 19.4. The first kappa shape index (κ1) is 22.0. The molecule has 0 saturated heterocycles. The molecule has 3 heterocycles. The summed E-state index contributed by atoms with van der Waals surface area (Å²) in [7, 11) is 1.85. The summed E-state index contributed by atoms with van der Waals surface area (Å²) in [6, 6.07) is 1.14. The zero-order valence-electron chi connectivity index (χ0n) is 18.2. The zero-order valence-corrected chi connectivity index (χ0v) is 18.2. The number of aryl methyl sites for hydroxylation is 1. The minimum absolute atomic E-state index is 0.0190. The van der Waals surface area contributed by atoms with Crippen LogP contribution in [0.1, 0.15) is 38.2 Å². The van der Waals surface area contributed by atoms with Crippen LogP contribution in [0.5, 0.6) is 0 Å². The third-order valence-electron chi connectivity index (χ3n) is 5.70. The Morgan fingerprint density at radius 1 is 1.16 bits per heavy atom. The van der Waals surface area contributed by atoms with E-state index in [2.05, 4.69) is 35.9 Å². The summed E-state index contributed by atoms with van der Waals surface area (Å²) in [5.74, 6) is 0.135. The lowest BCUT2D eigenvalue weighted by Gasteiger charge is -2.38. The number of likely N-dealkylation sites (N-methyl/N-ethyl adjacent to an activating group) is 1. The van der Waals surface area contributed by atoms with Gasteiger partial charge >= 0.3 is 6.18 Å². The highest BCUT2D eigenvalue weighted by molar-refractivity contribution is 6.03. The lowest BCUT2D eigenvalue weighted by molar-refractivity contribution is -0.144. The number of anilines is 4. The molecular weight excluding hydrogens is 425 g/mol. The molecule has 32 heavy (non-hydrogen) atoms. The molecule has 1 saturated carbocycles. The van der Waals surface area contributed by atoms with Gasteiger partial charge in [0.05, 0.1) is 5.69 Å². The highest BCUT2D eigenvalue weighted by Crippen LogP contribution is 2.35. The summed E-state index contributed by atoms with van der Waals surface area (Å²) in [6.07, 6.45) is -2.14. The van der Waals surface area contributed by atoms with Gasteiger partial charge in [0.15, 0.2) is 5.82 Å². The van der Waals surface area contributed by atoms with Crippen molar-refractivity contribution in [2.24, 2.45) is 5.92 Å². The zero-order chi connectivity index (χ0) is 23.2. The van der Waals surface area contributed by atoms with Gasteiger partial charge in [0.1, 0.15) is 17.5 Å². The fourth-order valence-corrected chi connectivity index (χ4v) is 4.10. The van der Waals surface area contributed by atoms with Crippen LogP contribution < -0.4 is 20.9 Å². The van der Waals surface area contributed by atoms with Gasteiger partial charge < -0.3 is 20.9 Å². The summed E-state index contributed by atoms with van der Waals surface area (Å²) in [5.41, 5.74) is 1.27. The van der Waals surface area contributed by atoms with E-state index in [0.29, 0.717) is 36.0 Å². The Kier molecular flexibility index (Phi) is 5.55. The molecule has 12 heteroatoms. The van der Waals surface area contributed by atoms with Gasteiger partial charge in [0, 0.05) is 25.3 Å². The van der Waals surface area contributed by atoms with E-state index in [1.165, 1.54) is 6.07 Å². The van der Waals surface area contributed by atoms with Gasteiger partial charge in [-0.25, -0.2) is 15.0 Å². The molecule has 1 aliphatic carbocycles. The first-order valence-electron chi connectivity index (χ1n) is 10.4. The van der Waals surface area contributed by atoms with E-state index in [4.69, 9.17) is 0 Å². The number of carbonyl (C=O) groups is 1. The fourth-order valence-electron chi connectivity index (χ4n) is 4.10. The molecule has 1 atom stereocenters. The van der Waals surface area contributed by atoms with Gasteiger partial charge in [-0.3, -0.25) is 4.79 Å². The van der Waals surface area contributed by atoms with Crippen LogP contribution in [0.15, 0.2) is 12.3 Å². The van der Waals surface area contributed by atoms with E-state index >= 15 is 0 Å². The van der Waals surface area contributed by atoms with Crippen LogP contribution in [-0.4, -0.2) is 51.0 Å². The van der Waals surface area contributed by atoms with Crippen molar-refractivity contribution in [1.29, 1.82) is 0 Å². The van der Waals surface area contributed by atoms with Gasteiger partial charge in [-0.2, -0.15) is 18.2 Å². The predicted molar refractivity (Wildman–Crippen MR) is 114 cm³/mol. The maximum absolute atomic E-state index is 12.8. The monoisotopic (exact) mass is 450 g/mol. The largest absolute Gasteiger partial charge is 0.451 e. The second-order valence-corrected chi connectivity index (χ2v) is 8.54. The molecule has 0 radical (unpaired) electrons. The van der Waals surface area contributed by atoms with Crippen molar-refractivity contribution in [3.05, 3.63) is 23.8 Å². The van der Waals surface area contributed by atoms with E-state index < -0.39 is 12.0 Å². The molecule has 0 aromatic carbocycles. The number of fused-ring (bicyclic) bond motifs is 1. The molecule has 1 unspecified atom stereocenters. The quantitative estimate of drug-likeness (QED) is 0.638. The smallest absolute Gasteiger partial charge is 0.367 e. The lowest BCUT2D eigenvalue weighted by atomic mass is 9.87. The molecule has 0 spiro atoms. The maximum Gasteiger partial charge on any atom is 0.451 e. The number of hydrogen-bond donors (Lipinski definition) is 3. The Morgan fingerprint density at radius 3 is 2.50 bits per heavy atom. The molecule has 0 bridgehead atoms. The van der Waals surface area contributed by atoms with Crippen molar-refractivity contribution in [1.82, 2.24) is 19.9 Å². The number of nitrogens with one attached hydrogen (secondary N) is 3. The van der Waals surface area contributed by atoms with Crippen molar-refractivity contribution in [2.75, 3.05) is 27.9 Å². The van der Waals surface area contributed by atoms with E-state index in [-0.39, 0.29) is 35.8 Å². The van der Waals surface area contributed by atoms with Crippen molar-refractivity contribution >= 4 is 29.2 Å². The van der Waals surface area contributed by atoms with Crippen LogP contribution in [-0.2, 0) is 11.0 Å². The van der Waals surface area contributed by atoms with Crippen LogP contribution >= 0.6 is 0 Å². The number of hydrogen-bond acceptors (Lipinski definition) is 8. The first-order valence-corrected chi connectivity index (χ1v) is 10.4. The normalized spacial score (nSPS) is 22.8. The van der Waals surface area contributed by atoms with Gasteiger partial charge in [-0.1, -0.05) is 13.8 Å². The SMILES string of the molecule is Cc1nc(NC2CC(Nc3ccnc(C(F)(F)F)n3)C2)nc2c1NC(=O)C(C(C)C)N2C. The molecule has 3 N–H and O–H groups in total. The van der Waals surface area contributed by atoms with Gasteiger partial charge in [-0.05, 0) is 31.7 Å². The minimum atomic E-state index is -4.58. The van der Waals surface area contributed by atoms with E-state index in [1.807, 2.05) is 32.7 Å². The molecule has 1 fully saturated rings. The highest BCUT2D eigenvalue weighted by Gasteiger charge is 2.37. The topological polar surface area (TPSA) is 108 Å². The van der Waals surface area contributed by atoms with Crippen molar-refractivity contribution in [3.8, 4) is 0 Å². The molecule has 4 rings (SSSR count). The molecule has 9 nitrogen and oxygen atoms in total. The van der Waals surface area contributed by atoms with Crippen molar-refractivity contribution in [3.63, 3.8) is 0 Å². The number of halogens is 3. The number of rotatable bonds is 5. The fraction of sp³-hybridized carbons (Fsp3) is 0.550. The number of carbonyl (C=O) groups excluding carboxylic acids is 1. The molecular formula is C20H25F3N8O. The lowest BCUT2D eigenvalue weighted by Crippen LogP contribution is -2.50. The summed E-state index contributed by atoms with van der Waals surface area (Å²) in [4.78, 5) is 30.2. The van der Waals surface area contributed by atoms with Crippen LogP contribution in [0.2, 0.25) is 0 Å². The molecule has 1 aliphatic heterocycles. The second-order valence-electron chi connectivity index (χ2n) is 8.54. The van der Waals surface area contributed by atoms with Crippen LogP contribution in [0.3, 0.4) is 0 Å². The van der Waals surface area contributed by atoms with Gasteiger partial charge in [0.25, 0.3) is 0 Å². The average Bonchev–Trinajstić information content (AvgIpc) is 2.66. The average molecular weight is 450 g/mol. The summed E-state index contributed by atoms with van der Waals surface area (Å²) in [5, 5.41) is 9.21. The predicted octanol–water partition coefficient (Wildman–Crippen LogP) is 3.06. The van der Waals surface area contributed by atoms with Crippen LogP contribution in [0, 0.1) is 12.8 Å². The van der Waals surface area contributed by atoms with Crippen molar-refractivity contribution in [2.45, 2.75) is 57.9 Å². The van der Waals surface area contributed by atoms with E-state index in [0.717, 1.165) is 6.20 Å².